The van der Waals surface area contributed by atoms with Crippen LogP contribution in [0.15, 0.2) is 36.5 Å². The van der Waals surface area contributed by atoms with Crippen molar-refractivity contribution in [2.24, 2.45) is 0 Å². The van der Waals surface area contributed by atoms with Crippen LogP contribution in [0.4, 0.5) is 0 Å². The number of unbranched alkanes of at least 4 members (excludes halogenated alkanes) is 24. The molecule has 1 atom stereocenters. The van der Waals surface area contributed by atoms with Crippen LogP contribution in [0.2, 0.25) is 0 Å². The van der Waals surface area contributed by atoms with Gasteiger partial charge in [0.05, 0.1) is 0 Å². The van der Waals surface area contributed by atoms with E-state index < -0.39 is 6.10 Å². The van der Waals surface area contributed by atoms with Crippen LogP contribution < -0.4 is 0 Å². The van der Waals surface area contributed by atoms with E-state index in [1.165, 1.54) is 109 Å². The predicted molar refractivity (Wildman–Crippen MR) is 229 cm³/mol. The van der Waals surface area contributed by atoms with E-state index in [4.69, 9.17) is 14.2 Å². The van der Waals surface area contributed by atoms with Gasteiger partial charge in [0.15, 0.2) is 6.10 Å². The molecule has 0 unspecified atom stereocenters. The van der Waals surface area contributed by atoms with Gasteiger partial charge < -0.3 is 14.2 Å². The maximum Gasteiger partial charge on any atom is 0.306 e. The number of ether oxygens (including phenoxy) is 3. The Bertz CT molecular complexity index is 922. The van der Waals surface area contributed by atoms with Gasteiger partial charge in [0.25, 0.3) is 0 Å². The van der Waals surface area contributed by atoms with Gasteiger partial charge in [-0.15, -0.1) is 0 Å². The highest BCUT2D eigenvalue weighted by Gasteiger charge is 2.19. The standard InChI is InChI=1S/C48H86O6/c1-4-7-10-13-16-19-21-22-23-24-25-26-27-30-32-35-38-41-47(50)53-44-45(43-52-46(49)40-37-34-31-28-18-15-12-9-6-3)54-48(51)42-39-36-33-29-20-17-14-11-8-5-2/h16,19,22-23,25-26,45H,4-15,17-18,20-21,24,27-44H2,1-3H3/b19-16-,23-22-,26-25-/t45-/m1/s1. The third-order valence-corrected chi connectivity index (χ3v) is 9.90. The van der Waals surface area contributed by atoms with Gasteiger partial charge in [-0.1, -0.05) is 192 Å². The normalized spacial score (nSPS) is 12.3. The van der Waals surface area contributed by atoms with Crippen molar-refractivity contribution in [3.63, 3.8) is 0 Å². The molecule has 0 aromatic rings. The average molecular weight is 759 g/mol. The molecule has 54 heavy (non-hydrogen) atoms. The fourth-order valence-electron chi connectivity index (χ4n) is 6.39. The highest BCUT2D eigenvalue weighted by molar-refractivity contribution is 5.71. The lowest BCUT2D eigenvalue weighted by atomic mass is 10.1. The molecule has 0 bridgehead atoms. The lowest BCUT2D eigenvalue weighted by molar-refractivity contribution is -0.167. The maximum absolute atomic E-state index is 12.7. The number of esters is 3. The summed E-state index contributed by atoms with van der Waals surface area (Å²) in [4.78, 5) is 37.6. The van der Waals surface area contributed by atoms with Crippen LogP contribution in [0.3, 0.4) is 0 Å². The summed E-state index contributed by atoms with van der Waals surface area (Å²) < 4.78 is 16.7. The molecule has 0 aromatic carbocycles. The molecule has 0 N–H and O–H groups in total. The summed E-state index contributed by atoms with van der Waals surface area (Å²) in [5, 5.41) is 0. The first kappa shape index (κ1) is 51.6. The predicted octanol–water partition coefficient (Wildman–Crippen LogP) is 14.6. The van der Waals surface area contributed by atoms with Crippen molar-refractivity contribution in [1.29, 1.82) is 0 Å². The minimum absolute atomic E-state index is 0.0766. The van der Waals surface area contributed by atoms with E-state index in [1.807, 2.05) is 0 Å². The van der Waals surface area contributed by atoms with E-state index in [1.54, 1.807) is 0 Å². The third kappa shape index (κ3) is 40.8. The van der Waals surface area contributed by atoms with Crippen molar-refractivity contribution >= 4 is 17.9 Å². The summed E-state index contributed by atoms with van der Waals surface area (Å²) in [6, 6.07) is 0. The molecule has 0 aliphatic heterocycles. The highest BCUT2D eigenvalue weighted by Crippen LogP contribution is 2.14. The second-order valence-electron chi connectivity index (χ2n) is 15.3. The van der Waals surface area contributed by atoms with Gasteiger partial charge in [-0.3, -0.25) is 14.4 Å². The number of rotatable bonds is 41. The Kier molecular flexibility index (Phi) is 41.5. The van der Waals surface area contributed by atoms with Crippen LogP contribution in [0.5, 0.6) is 0 Å². The molecule has 0 saturated carbocycles. The number of carbonyl (C=O) groups excluding carboxylic acids is 3. The summed E-state index contributed by atoms with van der Waals surface area (Å²) in [6.07, 6.45) is 48.4. The SMILES string of the molecule is CCCCC/C=C\C/C=C\C/C=C\CCCCCCC(=O)OC[C@@H](COC(=O)CCCCCCCCCCC)OC(=O)CCCCCCCCCCCC. The molecule has 0 aliphatic rings. The van der Waals surface area contributed by atoms with E-state index in [0.717, 1.165) is 83.5 Å². The molecular weight excluding hydrogens is 673 g/mol. The van der Waals surface area contributed by atoms with Crippen LogP contribution in [0, 0.1) is 0 Å². The van der Waals surface area contributed by atoms with E-state index >= 15 is 0 Å². The topological polar surface area (TPSA) is 78.9 Å². The molecule has 0 aromatic heterocycles. The minimum atomic E-state index is -0.773. The van der Waals surface area contributed by atoms with Gasteiger partial charge in [-0.05, 0) is 57.8 Å². The lowest BCUT2D eigenvalue weighted by Gasteiger charge is -2.18. The second kappa shape index (κ2) is 43.4. The molecule has 0 fully saturated rings. The molecule has 6 heteroatoms. The quantitative estimate of drug-likeness (QED) is 0.0267. The molecular formula is C48H86O6. The number of hydrogen-bond donors (Lipinski definition) is 0. The van der Waals surface area contributed by atoms with E-state index in [2.05, 4.69) is 57.2 Å². The first-order chi connectivity index (χ1) is 26.5. The smallest absolute Gasteiger partial charge is 0.306 e. The van der Waals surface area contributed by atoms with Gasteiger partial charge in [0, 0.05) is 19.3 Å². The first-order valence-electron chi connectivity index (χ1n) is 23.0. The van der Waals surface area contributed by atoms with Crippen LogP contribution in [0.1, 0.15) is 233 Å². The Morgan fingerprint density at radius 1 is 0.370 bits per heavy atom. The number of hydrogen-bond acceptors (Lipinski definition) is 6. The van der Waals surface area contributed by atoms with Crippen LogP contribution >= 0.6 is 0 Å². The zero-order valence-electron chi connectivity index (χ0n) is 35.7. The number of allylic oxidation sites excluding steroid dienone is 6. The van der Waals surface area contributed by atoms with Crippen molar-refractivity contribution in [2.75, 3.05) is 13.2 Å². The summed E-state index contributed by atoms with van der Waals surface area (Å²) in [5.74, 6) is -0.900. The van der Waals surface area contributed by atoms with Crippen LogP contribution in [-0.2, 0) is 28.6 Å². The molecule has 314 valence electrons. The Hall–Kier alpha value is -2.37. The summed E-state index contributed by atoms with van der Waals surface area (Å²) in [6.45, 7) is 6.55. The Morgan fingerprint density at radius 2 is 0.667 bits per heavy atom. The molecule has 0 aliphatic carbocycles. The van der Waals surface area contributed by atoms with Crippen LogP contribution in [-0.4, -0.2) is 37.2 Å². The molecule has 6 nitrogen and oxygen atoms in total. The number of carbonyl (C=O) groups is 3. The molecule has 0 rings (SSSR count). The van der Waals surface area contributed by atoms with Crippen molar-refractivity contribution in [2.45, 2.75) is 239 Å². The molecule has 0 spiro atoms. The van der Waals surface area contributed by atoms with Crippen LogP contribution in [0.25, 0.3) is 0 Å². The van der Waals surface area contributed by atoms with Crippen molar-refractivity contribution in [3.8, 4) is 0 Å². The molecule has 0 saturated heterocycles. The Balaban J connectivity index is 4.34. The average Bonchev–Trinajstić information content (AvgIpc) is 3.17. The maximum atomic E-state index is 12.7. The Labute approximate surface area is 334 Å². The zero-order valence-corrected chi connectivity index (χ0v) is 35.7. The van der Waals surface area contributed by atoms with Crippen molar-refractivity contribution in [1.82, 2.24) is 0 Å². The third-order valence-electron chi connectivity index (χ3n) is 9.90. The molecule has 0 amide bonds. The highest BCUT2D eigenvalue weighted by atomic mass is 16.6. The molecule has 0 radical (unpaired) electrons. The second-order valence-corrected chi connectivity index (χ2v) is 15.3. The van der Waals surface area contributed by atoms with E-state index in [-0.39, 0.29) is 31.1 Å². The summed E-state index contributed by atoms with van der Waals surface area (Å²) in [5.41, 5.74) is 0. The van der Waals surface area contributed by atoms with Crippen molar-refractivity contribution < 1.29 is 28.6 Å². The lowest BCUT2D eigenvalue weighted by Crippen LogP contribution is -2.30. The fourth-order valence-corrected chi connectivity index (χ4v) is 6.39. The largest absolute Gasteiger partial charge is 0.462 e. The first-order valence-corrected chi connectivity index (χ1v) is 23.0. The van der Waals surface area contributed by atoms with Gasteiger partial charge in [0.2, 0.25) is 0 Å². The van der Waals surface area contributed by atoms with E-state index in [9.17, 15) is 14.4 Å². The minimum Gasteiger partial charge on any atom is -0.462 e. The molecule has 0 heterocycles. The van der Waals surface area contributed by atoms with E-state index in [0.29, 0.717) is 19.3 Å². The van der Waals surface area contributed by atoms with Crippen molar-refractivity contribution in [3.05, 3.63) is 36.5 Å². The monoisotopic (exact) mass is 759 g/mol. The van der Waals surface area contributed by atoms with Gasteiger partial charge in [-0.2, -0.15) is 0 Å². The zero-order chi connectivity index (χ0) is 39.4. The van der Waals surface area contributed by atoms with Gasteiger partial charge in [-0.25, -0.2) is 0 Å². The fraction of sp³-hybridized carbons (Fsp3) is 0.812. The summed E-state index contributed by atoms with van der Waals surface area (Å²) in [7, 11) is 0. The summed E-state index contributed by atoms with van der Waals surface area (Å²) >= 11 is 0. The van der Waals surface area contributed by atoms with Gasteiger partial charge in [0.1, 0.15) is 13.2 Å². The van der Waals surface area contributed by atoms with Gasteiger partial charge >= 0.3 is 17.9 Å². The Morgan fingerprint density at radius 3 is 1.07 bits per heavy atom.